The molecule has 2 N–H and O–H groups in total. The Morgan fingerprint density at radius 3 is 2.22 bits per heavy atom. The van der Waals surface area contributed by atoms with Gasteiger partial charge in [0.15, 0.2) is 0 Å². The normalized spacial score (nSPS) is 13.3. The van der Waals surface area contributed by atoms with Gasteiger partial charge in [-0.15, -0.1) is 11.8 Å². The predicted octanol–water partition coefficient (Wildman–Crippen LogP) is 4.82. The highest BCUT2D eigenvalue weighted by Gasteiger charge is 2.24. The van der Waals surface area contributed by atoms with Crippen LogP contribution in [0.1, 0.15) is 24.2 Å². The Morgan fingerprint density at radius 1 is 0.878 bits per heavy atom. The highest BCUT2D eigenvalue weighted by Crippen LogP contribution is 2.31. The number of carbonyl (C=O) groups excluding carboxylic acids is 2. The van der Waals surface area contributed by atoms with E-state index in [0.717, 1.165) is 67.8 Å². The monoisotopic (exact) mass is 575 g/mol. The number of thioether (sulfide) groups is 1. The fourth-order valence-corrected chi connectivity index (χ4v) is 5.70. The number of nitrogens with zero attached hydrogens (tertiary/aromatic N) is 3. The summed E-state index contributed by atoms with van der Waals surface area (Å²) >= 11 is 1.49. The Morgan fingerprint density at radius 2 is 1.54 bits per heavy atom. The van der Waals surface area contributed by atoms with Crippen LogP contribution in [0.15, 0.2) is 77.7 Å². The van der Waals surface area contributed by atoms with E-state index in [1.165, 1.54) is 11.8 Å². The number of amides is 2. The minimum atomic E-state index is -0.130. The van der Waals surface area contributed by atoms with E-state index in [1.807, 2.05) is 60.7 Å². The van der Waals surface area contributed by atoms with Crippen LogP contribution in [0.2, 0.25) is 0 Å². The van der Waals surface area contributed by atoms with Crippen LogP contribution in [0.4, 0.5) is 17.1 Å². The lowest BCUT2D eigenvalue weighted by atomic mass is 10.1. The minimum Gasteiger partial charge on any atom is -0.495 e. The molecule has 0 bridgehead atoms. The zero-order valence-electron chi connectivity index (χ0n) is 24.3. The predicted molar refractivity (Wildman–Crippen MR) is 170 cm³/mol. The molecule has 1 aliphatic heterocycles. The van der Waals surface area contributed by atoms with Gasteiger partial charge in [0.25, 0.3) is 5.91 Å². The molecule has 0 atom stereocenters. The van der Waals surface area contributed by atoms with Crippen LogP contribution in [0.5, 0.6) is 5.75 Å². The molecule has 0 aliphatic carbocycles. The van der Waals surface area contributed by atoms with Gasteiger partial charge in [0.1, 0.15) is 5.75 Å². The van der Waals surface area contributed by atoms with Gasteiger partial charge in [0, 0.05) is 55.5 Å². The molecule has 1 fully saturated rings. The van der Waals surface area contributed by atoms with Gasteiger partial charge >= 0.3 is 0 Å². The zero-order chi connectivity index (χ0) is 29.0. The van der Waals surface area contributed by atoms with Gasteiger partial charge in [-0.1, -0.05) is 44.2 Å². The van der Waals surface area contributed by atoms with E-state index in [2.05, 4.69) is 45.2 Å². The van der Waals surface area contributed by atoms with Crippen molar-refractivity contribution in [2.45, 2.75) is 18.7 Å². The SMILES string of the molecule is CCN(CC)CCNC(=O)c1cc(NC(=O)CSc2ccccc2)ccc1N1CCN(c2ccccc2OC)CC1. The number of methoxy groups -OCH3 is 1. The average molecular weight is 576 g/mol. The first-order valence-corrected chi connectivity index (χ1v) is 15.3. The van der Waals surface area contributed by atoms with E-state index in [0.29, 0.717) is 23.5 Å². The van der Waals surface area contributed by atoms with Crippen LogP contribution < -0.4 is 25.2 Å². The maximum absolute atomic E-state index is 13.5. The lowest BCUT2D eigenvalue weighted by Gasteiger charge is -2.38. The summed E-state index contributed by atoms with van der Waals surface area (Å²) < 4.78 is 5.57. The highest BCUT2D eigenvalue weighted by molar-refractivity contribution is 8.00. The molecule has 218 valence electrons. The molecular formula is C32H41N5O3S. The van der Waals surface area contributed by atoms with E-state index in [4.69, 9.17) is 4.74 Å². The minimum absolute atomic E-state index is 0.107. The number of piperazine rings is 1. The van der Waals surface area contributed by atoms with Crippen molar-refractivity contribution < 1.29 is 14.3 Å². The van der Waals surface area contributed by atoms with E-state index in [9.17, 15) is 9.59 Å². The van der Waals surface area contributed by atoms with Crippen molar-refractivity contribution >= 4 is 40.6 Å². The third-order valence-corrected chi connectivity index (χ3v) is 8.30. The summed E-state index contributed by atoms with van der Waals surface area (Å²) in [6, 6.07) is 23.6. The Kier molecular flexibility index (Phi) is 11.3. The molecule has 0 saturated carbocycles. The number of hydrogen-bond acceptors (Lipinski definition) is 7. The topological polar surface area (TPSA) is 77.2 Å². The molecule has 1 aliphatic rings. The molecule has 0 spiro atoms. The van der Waals surface area contributed by atoms with Gasteiger partial charge in [0.05, 0.1) is 24.1 Å². The quantitative estimate of drug-likeness (QED) is 0.283. The van der Waals surface area contributed by atoms with E-state index >= 15 is 0 Å². The third kappa shape index (κ3) is 8.41. The van der Waals surface area contributed by atoms with Crippen LogP contribution >= 0.6 is 11.8 Å². The number of hydrogen-bond donors (Lipinski definition) is 2. The smallest absolute Gasteiger partial charge is 0.253 e. The summed E-state index contributed by atoms with van der Waals surface area (Å²) in [6.45, 7) is 10.6. The standard InChI is InChI=1S/C32H41N5O3S/c1-4-35(5-2)18-17-33-32(39)27-23-25(34-31(38)24-41-26-11-7-6-8-12-26)15-16-28(27)36-19-21-37(22-20-36)29-13-9-10-14-30(29)40-3/h6-16,23H,4-5,17-22,24H2,1-3H3,(H,33,39)(H,34,38). The Bertz CT molecular complexity index is 1280. The highest BCUT2D eigenvalue weighted by atomic mass is 32.2. The van der Waals surface area contributed by atoms with E-state index < -0.39 is 0 Å². The second-order valence-electron chi connectivity index (χ2n) is 9.81. The molecule has 2 amide bonds. The number of likely N-dealkylation sites (N-methyl/N-ethyl adjacent to an activating group) is 1. The second-order valence-corrected chi connectivity index (χ2v) is 10.9. The van der Waals surface area contributed by atoms with Crippen molar-refractivity contribution in [3.05, 3.63) is 78.4 Å². The lowest BCUT2D eigenvalue weighted by molar-refractivity contribution is -0.113. The Hall–Kier alpha value is -3.69. The maximum Gasteiger partial charge on any atom is 0.253 e. The molecule has 8 nitrogen and oxygen atoms in total. The molecule has 4 rings (SSSR count). The Balaban J connectivity index is 1.47. The van der Waals surface area contributed by atoms with Gasteiger partial charge < -0.3 is 30.1 Å². The van der Waals surface area contributed by atoms with Crippen molar-refractivity contribution in [1.29, 1.82) is 0 Å². The molecule has 1 heterocycles. The van der Waals surface area contributed by atoms with Gasteiger partial charge in [-0.05, 0) is 55.6 Å². The van der Waals surface area contributed by atoms with Gasteiger partial charge in [0.2, 0.25) is 5.91 Å². The first kappa shape index (κ1) is 30.3. The summed E-state index contributed by atoms with van der Waals surface area (Å²) in [5, 5.41) is 6.09. The first-order chi connectivity index (χ1) is 20.0. The number of benzene rings is 3. The van der Waals surface area contributed by atoms with Crippen molar-refractivity contribution in [1.82, 2.24) is 10.2 Å². The fourth-order valence-electron chi connectivity index (χ4n) is 4.98. The molecule has 0 unspecified atom stereocenters. The number of rotatable bonds is 13. The first-order valence-electron chi connectivity index (χ1n) is 14.3. The van der Waals surface area contributed by atoms with Crippen molar-refractivity contribution in [3.8, 4) is 5.75 Å². The summed E-state index contributed by atoms with van der Waals surface area (Å²) in [7, 11) is 1.70. The van der Waals surface area contributed by atoms with Crippen molar-refractivity contribution in [2.75, 3.05) is 80.3 Å². The number of para-hydroxylation sites is 2. The van der Waals surface area contributed by atoms with E-state index in [-0.39, 0.29) is 11.8 Å². The number of ether oxygens (including phenoxy) is 1. The molecule has 0 radical (unpaired) electrons. The molecule has 3 aromatic rings. The summed E-state index contributed by atoms with van der Waals surface area (Å²) in [4.78, 5) is 34.1. The van der Waals surface area contributed by atoms with Crippen molar-refractivity contribution in [2.24, 2.45) is 0 Å². The van der Waals surface area contributed by atoms with Gasteiger partial charge in [-0.25, -0.2) is 0 Å². The van der Waals surface area contributed by atoms with Gasteiger partial charge in [-0.3, -0.25) is 9.59 Å². The van der Waals surface area contributed by atoms with Gasteiger partial charge in [-0.2, -0.15) is 0 Å². The number of carbonyl (C=O) groups is 2. The Labute approximate surface area is 248 Å². The maximum atomic E-state index is 13.5. The van der Waals surface area contributed by atoms with Crippen LogP contribution in [0.25, 0.3) is 0 Å². The largest absolute Gasteiger partial charge is 0.495 e. The molecule has 0 aromatic heterocycles. The zero-order valence-corrected chi connectivity index (χ0v) is 25.1. The molecule has 9 heteroatoms. The second kappa shape index (κ2) is 15.3. The summed E-state index contributed by atoms with van der Waals surface area (Å²) in [5.41, 5.74) is 3.15. The molecule has 41 heavy (non-hydrogen) atoms. The van der Waals surface area contributed by atoms with Crippen LogP contribution in [0.3, 0.4) is 0 Å². The van der Waals surface area contributed by atoms with Crippen molar-refractivity contribution in [3.63, 3.8) is 0 Å². The fraction of sp³-hybridized carbons (Fsp3) is 0.375. The summed E-state index contributed by atoms with van der Waals surface area (Å²) in [6.07, 6.45) is 0. The molecule has 3 aromatic carbocycles. The van der Waals surface area contributed by atoms with Crippen LogP contribution in [0, 0.1) is 0 Å². The summed E-state index contributed by atoms with van der Waals surface area (Å²) in [5.74, 6) is 0.918. The van der Waals surface area contributed by atoms with E-state index in [1.54, 1.807) is 13.2 Å². The number of anilines is 3. The van der Waals surface area contributed by atoms with Crippen LogP contribution in [-0.4, -0.2) is 81.9 Å². The third-order valence-electron chi connectivity index (χ3n) is 7.29. The average Bonchev–Trinajstić information content (AvgIpc) is 3.02. The number of nitrogens with one attached hydrogen (secondary N) is 2. The molecular weight excluding hydrogens is 534 g/mol. The lowest BCUT2D eigenvalue weighted by Crippen LogP contribution is -2.47. The van der Waals surface area contributed by atoms with Crippen LogP contribution in [-0.2, 0) is 4.79 Å². The molecule has 1 saturated heterocycles.